The first-order chi connectivity index (χ1) is 9.09. The smallest absolute Gasteiger partial charge is 0.307 e. The van der Waals surface area contributed by atoms with E-state index < -0.39 is 23.8 Å². The van der Waals surface area contributed by atoms with E-state index >= 15 is 0 Å². The van der Waals surface area contributed by atoms with Gasteiger partial charge in [-0.15, -0.1) is 0 Å². The standard InChI is InChI=1S/C15H16O4/c16-14(17)12-9-6-10(8-4-2-1-3-5-8)11(7-9)13(12)15(18)19/h1-5,9-13H,6-7H2,(H,16,17)(H,18,19)/t9-,10+,11+,12+,13+/m0/s1. The van der Waals surface area contributed by atoms with Crippen molar-refractivity contribution in [2.75, 3.05) is 0 Å². The third kappa shape index (κ3) is 1.82. The summed E-state index contributed by atoms with van der Waals surface area (Å²) in [5, 5.41) is 18.6. The molecule has 0 heterocycles. The molecule has 1 aromatic carbocycles. The summed E-state index contributed by atoms with van der Waals surface area (Å²) in [7, 11) is 0. The third-order valence-electron chi connectivity index (χ3n) is 4.80. The van der Waals surface area contributed by atoms with Crippen molar-refractivity contribution in [3.05, 3.63) is 35.9 Å². The van der Waals surface area contributed by atoms with E-state index in [0.29, 0.717) is 0 Å². The summed E-state index contributed by atoms with van der Waals surface area (Å²) in [6.45, 7) is 0. The molecule has 4 nitrogen and oxygen atoms in total. The predicted molar refractivity (Wildman–Crippen MR) is 67.6 cm³/mol. The molecule has 0 radical (unpaired) electrons. The topological polar surface area (TPSA) is 74.6 Å². The monoisotopic (exact) mass is 260 g/mol. The lowest BCUT2D eigenvalue weighted by Gasteiger charge is -2.31. The molecule has 2 aliphatic rings. The van der Waals surface area contributed by atoms with Gasteiger partial charge in [0.05, 0.1) is 11.8 Å². The maximum Gasteiger partial charge on any atom is 0.307 e. The Morgan fingerprint density at radius 2 is 1.58 bits per heavy atom. The van der Waals surface area contributed by atoms with E-state index in [0.717, 1.165) is 18.4 Å². The van der Waals surface area contributed by atoms with Crippen LogP contribution in [-0.2, 0) is 9.59 Å². The van der Waals surface area contributed by atoms with Gasteiger partial charge in [0.1, 0.15) is 0 Å². The van der Waals surface area contributed by atoms with Gasteiger partial charge in [0.15, 0.2) is 0 Å². The average molecular weight is 260 g/mol. The second kappa shape index (κ2) is 4.37. The highest BCUT2D eigenvalue weighted by atomic mass is 16.4. The fourth-order valence-electron chi connectivity index (χ4n) is 4.14. The minimum absolute atomic E-state index is 0.00815. The van der Waals surface area contributed by atoms with Crippen molar-refractivity contribution in [3.63, 3.8) is 0 Å². The predicted octanol–water partition coefficient (Wildman–Crippen LogP) is 2.21. The lowest BCUT2D eigenvalue weighted by atomic mass is 9.71. The van der Waals surface area contributed by atoms with E-state index in [-0.39, 0.29) is 17.8 Å². The van der Waals surface area contributed by atoms with Crippen LogP contribution in [0.25, 0.3) is 0 Å². The molecule has 0 saturated heterocycles. The molecule has 3 rings (SSSR count). The number of carbonyl (C=O) groups is 2. The van der Waals surface area contributed by atoms with Crippen molar-refractivity contribution >= 4 is 11.9 Å². The van der Waals surface area contributed by atoms with E-state index in [4.69, 9.17) is 0 Å². The lowest BCUT2D eigenvalue weighted by Crippen LogP contribution is -2.37. The molecule has 2 bridgehead atoms. The molecule has 1 aromatic rings. The minimum Gasteiger partial charge on any atom is -0.481 e. The second-order valence-electron chi connectivity index (χ2n) is 5.64. The van der Waals surface area contributed by atoms with Gasteiger partial charge in [-0.25, -0.2) is 0 Å². The molecule has 0 spiro atoms. The van der Waals surface area contributed by atoms with Crippen LogP contribution in [0.5, 0.6) is 0 Å². The molecule has 2 saturated carbocycles. The highest BCUT2D eigenvalue weighted by Crippen LogP contribution is 2.58. The summed E-state index contributed by atoms with van der Waals surface area (Å²) in [6, 6.07) is 9.86. The maximum absolute atomic E-state index is 11.4. The van der Waals surface area contributed by atoms with Gasteiger partial charge in [-0.05, 0) is 36.2 Å². The molecule has 0 amide bonds. The Labute approximate surface area is 111 Å². The number of carboxylic acid groups (broad SMARTS) is 2. The van der Waals surface area contributed by atoms with Crippen LogP contribution in [0.15, 0.2) is 30.3 Å². The van der Waals surface area contributed by atoms with Gasteiger partial charge in [-0.2, -0.15) is 0 Å². The molecule has 100 valence electrons. The van der Waals surface area contributed by atoms with Crippen LogP contribution in [-0.4, -0.2) is 22.2 Å². The molecular formula is C15H16O4. The van der Waals surface area contributed by atoms with Gasteiger partial charge >= 0.3 is 11.9 Å². The van der Waals surface area contributed by atoms with Crippen LogP contribution >= 0.6 is 0 Å². The zero-order valence-corrected chi connectivity index (χ0v) is 10.4. The van der Waals surface area contributed by atoms with Gasteiger partial charge < -0.3 is 10.2 Å². The molecule has 2 fully saturated rings. The number of fused-ring (bicyclic) bond motifs is 2. The van der Waals surface area contributed by atoms with Gasteiger partial charge in [0.25, 0.3) is 0 Å². The van der Waals surface area contributed by atoms with E-state index in [9.17, 15) is 19.8 Å². The van der Waals surface area contributed by atoms with Gasteiger partial charge in [-0.1, -0.05) is 30.3 Å². The number of aliphatic carboxylic acids is 2. The Hall–Kier alpha value is -1.84. The van der Waals surface area contributed by atoms with Crippen LogP contribution < -0.4 is 0 Å². The fraction of sp³-hybridized carbons (Fsp3) is 0.467. The number of benzene rings is 1. The second-order valence-corrected chi connectivity index (χ2v) is 5.64. The summed E-state index contributed by atoms with van der Waals surface area (Å²) in [6.07, 6.45) is 1.53. The number of hydrogen-bond acceptors (Lipinski definition) is 2. The van der Waals surface area contributed by atoms with Crippen molar-refractivity contribution in [2.24, 2.45) is 23.7 Å². The highest BCUT2D eigenvalue weighted by molar-refractivity contribution is 5.82. The fourth-order valence-corrected chi connectivity index (χ4v) is 4.14. The van der Waals surface area contributed by atoms with Gasteiger partial charge in [0.2, 0.25) is 0 Å². The summed E-state index contributed by atoms with van der Waals surface area (Å²) in [4.78, 5) is 22.7. The van der Waals surface area contributed by atoms with Crippen molar-refractivity contribution in [2.45, 2.75) is 18.8 Å². The van der Waals surface area contributed by atoms with Crippen LogP contribution in [0, 0.1) is 23.7 Å². The summed E-state index contributed by atoms with van der Waals surface area (Å²) < 4.78 is 0. The van der Waals surface area contributed by atoms with E-state index in [1.807, 2.05) is 30.3 Å². The third-order valence-corrected chi connectivity index (χ3v) is 4.80. The van der Waals surface area contributed by atoms with E-state index in [1.165, 1.54) is 0 Å². The van der Waals surface area contributed by atoms with Crippen molar-refractivity contribution in [1.82, 2.24) is 0 Å². The Bertz CT molecular complexity index is 510. The molecule has 0 aromatic heterocycles. The molecule has 0 unspecified atom stereocenters. The number of carboxylic acids is 2. The Morgan fingerprint density at radius 3 is 2.16 bits per heavy atom. The average Bonchev–Trinajstić information content (AvgIpc) is 2.96. The maximum atomic E-state index is 11.4. The molecule has 4 heteroatoms. The van der Waals surface area contributed by atoms with Crippen LogP contribution in [0.1, 0.15) is 24.3 Å². The van der Waals surface area contributed by atoms with Crippen molar-refractivity contribution in [3.8, 4) is 0 Å². The summed E-state index contributed by atoms with van der Waals surface area (Å²) >= 11 is 0. The number of rotatable bonds is 3. The van der Waals surface area contributed by atoms with Gasteiger partial charge in [0, 0.05) is 0 Å². The highest BCUT2D eigenvalue weighted by Gasteiger charge is 2.58. The van der Waals surface area contributed by atoms with Crippen LogP contribution in [0.4, 0.5) is 0 Å². The first-order valence-electron chi connectivity index (χ1n) is 6.60. The lowest BCUT2D eigenvalue weighted by molar-refractivity contribution is -0.156. The zero-order chi connectivity index (χ0) is 13.6. The zero-order valence-electron chi connectivity index (χ0n) is 10.4. The Morgan fingerprint density at radius 1 is 0.947 bits per heavy atom. The summed E-state index contributed by atoms with van der Waals surface area (Å²) in [5.41, 5.74) is 1.14. The molecule has 2 N–H and O–H groups in total. The SMILES string of the molecule is O=C(O)[C@@H]1[C@@H]2C[C@@H]([C@H]1C(=O)O)[C@@H](c1ccccc1)C2. The van der Waals surface area contributed by atoms with Crippen LogP contribution in [0.2, 0.25) is 0 Å². The van der Waals surface area contributed by atoms with E-state index in [1.54, 1.807) is 0 Å². The first kappa shape index (κ1) is 12.2. The van der Waals surface area contributed by atoms with Gasteiger partial charge in [-0.3, -0.25) is 9.59 Å². The molecule has 2 aliphatic carbocycles. The van der Waals surface area contributed by atoms with E-state index in [2.05, 4.69) is 0 Å². The quantitative estimate of drug-likeness (QED) is 0.873. The summed E-state index contributed by atoms with van der Waals surface area (Å²) in [5.74, 6) is -3.18. The first-order valence-corrected chi connectivity index (χ1v) is 6.60. The molecule has 19 heavy (non-hydrogen) atoms. The van der Waals surface area contributed by atoms with Crippen LogP contribution in [0.3, 0.4) is 0 Å². The Kier molecular flexibility index (Phi) is 2.81. The molecule has 0 aliphatic heterocycles. The van der Waals surface area contributed by atoms with Crippen molar-refractivity contribution in [1.29, 1.82) is 0 Å². The van der Waals surface area contributed by atoms with Crippen molar-refractivity contribution < 1.29 is 19.8 Å². The minimum atomic E-state index is -0.958. The largest absolute Gasteiger partial charge is 0.481 e. The normalized spacial score (nSPS) is 36.3. The Balaban J connectivity index is 1.92. The molecule has 5 atom stereocenters. The number of hydrogen-bond donors (Lipinski definition) is 2. The molecular weight excluding hydrogens is 244 g/mol.